The fraction of sp³-hybridized carbons (Fsp3) is 0.160. The molecule has 0 fully saturated rings. The lowest BCUT2D eigenvalue weighted by Gasteiger charge is -2.17. The van der Waals surface area contributed by atoms with E-state index in [0.29, 0.717) is 17.7 Å². The van der Waals surface area contributed by atoms with E-state index in [2.05, 4.69) is 5.32 Å². The molecular formula is C25H24N2O4. The van der Waals surface area contributed by atoms with Crippen molar-refractivity contribution < 1.29 is 14.5 Å². The minimum Gasteiger partial charge on any atom is -0.494 e. The van der Waals surface area contributed by atoms with Crippen LogP contribution in [0, 0.1) is 10.1 Å². The maximum atomic E-state index is 13.2. The topological polar surface area (TPSA) is 81.5 Å². The van der Waals surface area contributed by atoms with E-state index >= 15 is 0 Å². The zero-order valence-corrected chi connectivity index (χ0v) is 17.4. The van der Waals surface area contributed by atoms with Gasteiger partial charge in [-0.05, 0) is 48.7 Å². The normalized spacial score (nSPS) is 12.1. The van der Waals surface area contributed by atoms with Crippen LogP contribution in [0.5, 0.6) is 5.75 Å². The van der Waals surface area contributed by atoms with Crippen molar-refractivity contribution in [1.82, 2.24) is 5.32 Å². The summed E-state index contributed by atoms with van der Waals surface area (Å²) in [5.41, 5.74) is 2.66. The Kier molecular flexibility index (Phi) is 7.17. The lowest BCUT2D eigenvalue weighted by Crippen LogP contribution is -2.27. The molecule has 0 heterocycles. The molecule has 6 heteroatoms. The number of rotatable bonds is 8. The van der Waals surface area contributed by atoms with Crippen molar-refractivity contribution in [2.24, 2.45) is 0 Å². The molecule has 0 saturated heterocycles. The van der Waals surface area contributed by atoms with Gasteiger partial charge in [0.1, 0.15) is 5.75 Å². The SMILES string of the molecule is CCOc1ccc([C@H](C)NC(=O)/C(=C/c2cccc([N+](=O)[O-])c2)c2ccccc2)cc1. The molecule has 3 aromatic carbocycles. The zero-order valence-electron chi connectivity index (χ0n) is 17.4. The van der Waals surface area contributed by atoms with Crippen molar-refractivity contribution in [3.8, 4) is 5.75 Å². The van der Waals surface area contributed by atoms with Gasteiger partial charge in [0, 0.05) is 17.7 Å². The Morgan fingerprint density at radius 1 is 1.06 bits per heavy atom. The first-order valence-electron chi connectivity index (χ1n) is 10.0. The van der Waals surface area contributed by atoms with Crippen molar-refractivity contribution in [3.63, 3.8) is 0 Å². The molecular weight excluding hydrogens is 392 g/mol. The van der Waals surface area contributed by atoms with E-state index in [1.807, 2.05) is 68.4 Å². The van der Waals surface area contributed by atoms with Gasteiger partial charge in [0.2, 0.25) is 0 Å². The number of benzene rings is 3. The Bertz CT molecular complexity index is 1080. The third-order valence-corrected chi connectivity index (χ3v) is 4.76. The summed E-state index contributed by atoms with van der Waals surface area (Å²) in [5.74, 6) is 0.513. The highest BCUT2D eigenvalue weighted by atomic mass is 16.6. The van der Waals surface area contributed by atoms with Crippen LogP contribution in [0.15, 0.2) is 78.9 Å². The van der Waals surface area contributed by atoms with Crippen molar-refractivity contribution >= 4 is 23.2 Å². The van der Waals surface area contributed by atoms with Crippen LogP contribution in [-0.4, -0.2) is 17.4 Å². The molecule has 0 aromatic heterocycles. The first-order chi connectivity index (χ1) is 15.0. The van der Waals surface area contributed by atoms with Crippen LogP contribution in [0.25, 0.3) is 11.6 Å². The molecule has 1 N–H and O–H groups in total. The van der Waals surface area contributed by atoms with Crippen LogP contribution >= 0.6 is 0 Å². The molecule has 0 aliphatic heterocycles. The largest absolute Gasteiger partial charge is 0.494 e. The molecule has 0 aliphatic carbocycles. The highest BCUT2D eigenvalue weighted by Gasteiger charge is 2.16. The monoisotopic (exact) mass is 416 g/mol. The van der Waals surface area contributed by atoms with Crippen molar-refractivity contribution in [2.45, 2.75) is 19.9 Å². The number of nitrogens with one attached hydrogen (secondary N) is 1. The van der Waals surface area contributed by atoms with E-state index in [0.717, 1.165) is 16.9 Å². The first kappa shape index (κ1) is 21.8. The number of nitro benzene ring substituents is 1. The predicted octanol–water partition coefficient (Wildman–Crippen LogP) is 5.41. The molecule has 31 heavy (non-hydrogen) atoms. The molecule has 3 aromatic rings. The Balaban J connectivity index is 1.88. The Hall–Kier alpha value is -3.93. The van der Waals surface area contributed by atoms with Gasteiger partial charge in [-0.3, -0.25) is 14.9 Å². The van der Waals surface area contributed by atoms with Crippen LogP contribution in [-0.2, 0) is 4.79 Å². The standard InChI is InChI=1S/C25H24N2O4/c1-3-31-23-14-12-20(13-15-23)18(2)26-25(28)24(21-9-5-4-6-10-21)17-19-8-7-11-22(16-19)27(29)30/h4-18H,3H2,1-2H3,(H,26,28)/b24-17+/t18-/m0/s1. The lowest BCUT2D eigenvalue weighted by molar-refractivity contribution is -0.384. The molecule has 1 amide bonds. The first-order valence-corrected chi connectivity index (χ1v) is 10.0. The molecule has 0 spiro atoms. The summed E-state index contributed by atoms with van der Waals surface area (Å²) in [6.45, 7) is 4.42. The Labute approximate surface area is 181 Å². The van der Waals surface area contributed by atoms with E-state index in [9.17, 15) is 14.9 Å². The number of carbonyl (C=O) groups is 1. The van der Waals surface area contributed by atoms with Crippen LogP contribution < -0.4 is 10.1 Å². The smallest absolute Gasteiger partial charge is 0.270 e. The number of nitro groups is 1. The van der Waals surface area contributed by atoms with Gasteiger partial charge in [0.25, 0.3) is 11.6 Å². The summed E-state index contributed by atoms with van der Waals surface area (Å²) in [6.07, 6.45) is 1.67. The fourth-order valence-electron chi connectivity index (χ4n) is 3.17. The Morgan fingerprint density at radius 2 is 1.77 bits per heavy atom. The highest BCUT2D eigenvalue weighted by Crippen LogP contribution is 2.23. The van der Waals surface area contributed by atoms with Gasteiger partial charge in [-0.15, -0.1) is 0 Å². The zero-order chi connectivity index (χ0) is 22.2. The van der Waals surface area contributed by atoms with Crippen LogP contribution in [0.3, 0.4) is 0 Å². The van der Waals surface area contributed by atoms with Crippen molar-refractivity contribution in [3.05, 3.63) is 106 Å². The summed E-state index contributed by atoms with van der Waals surface area (Å²) in [7, 11) is 0. The molecule has 3 rings (SSSR count). The number of carbonyl (C=O) groups excluding carboxylic acids is 1. The highest BCUT2D eigenvalue weighted by molar-refractivity contribution is 6.24. The van der Waals surface area contributed by atoms with E-state index < -0.39 is 4.92 Å². The third-order valence-electron chi connectivity index (χ3n) is 4.76. The van der Waals surface area contributed by atoms with Gasteiger partial charge in [-0.25, -0.2) is 0 Å². The molecule has 1 atom stereocenters. The number of hydrogen-bond donors (Lipinski definition) is 1. The minimum absolute atomic E-state index is 0.0238. The van der Waals surface area contributed by atoms with E-state index in [4.69, 9.17) is 4.74 Å². The van der Waals surface area contributed by atoms with Gasteiger partial charge < -0.3 is 10.1 Å². The number of ether oxygens (including phenoxy) is 1. The van der Waals surface area contributed by atoms with Gasteiger partial charge in [-0.2, -0.15) is 0 Å². The van der Waals surface area contributed by atoms with E-state index in [1.54, 1.807) is 18.2 Å². The molecule has 6 nitrogen and oxygen atoms in total. The van der Waals surface area contributed by atoms with Gasteiger partial charge >= 0.3 is 0 Å². The molecule has 0 bridgehead atoms. The van der Waals surface area contributed by atoms with Gasteiger partial charge in [0.05, 0.1) is 17.6 Å². The quantitative estimate of drug-likeness (QED) is 0.230. The number of non-ortho nitro benzene ring substituents is 1. The van der Waals surface area contributed by atoms with Crippen LogP contribution in [0.1, 0.15) is 36.6 Å². The molecule has 0 unspecified atom stereocenters. The summed E-state index contributed by atoms with van der Waals surface area (Å²) >= 11 is 0. The second-order valence-corrected chi connectivity index (χ2v) is 6.97. The lowest BCUT2D eigenvalue weighted by atomic mass is 10.0. The van der Waals surface area contributed by atoms with Crippen LogP contribution in [0.2, 0.25) is 0 Å². The molecule has 0 radical (unpaired) electrons. The number of nitrogens with zero attached hydrogens (tertiary/aromatic N) is 1. The number of amides is 1. The summed E-state index contributed by atoms with van der Waals surface area (Å²) in [4.78, 5) is 23.8. The fourth-order valence-corrected chi connectivity index (χ4v) is 3.17. The average Bonchev–Trinajstić information content (AvgIpc) is 2.79. The van der Waals surface area contributed by atoms with Gasteiger partial charge in [-0.1, -0.05) is 54.6 Å². The van der Waals surface area contributed by atoms with Gasteiger partial charge in [0.15, 0.2) is 0 Å². The van der Waals surface area contributed by atoms with Crippen molar-refractivity contribution in [2.75, 3.05) is 6.61 Å². The Morgan fingerprint density at radius 3 is 2.42 bits per heavy atom. The second-order valence-electron chi connectivity index (χ2n) is 6.97. The maximum Gasteiger partial charge on any atom is 0.270 e. The minimum atomic E-state index is -0.451. The molecule has 0 saturated carbocycles. The average molecular weight is 416 g/mol. The van der Waals surface area contributed by atoms with E-state index in [1.165, 1.54) is 12.1 Å². The summed E-state index contributed by atoms with van der Waals surface area (Å²) in [5, 5.41) is 14.1. The molecule has 158 valence electrons. The van der Waals surface area contributed by atoms with Crippen LogP contribution in [0.4, 0.5) is 5.69 Å². The third kappa shape index (κ3) is 5.79. The second kappa shape index (κ2) is 10.2. The van der Waals surface area contributed by atoms with Crippen molar-refractivity contribution in [1.29, 1.82) is 0 Å². The predicted molar refractivity (Wildman–Crippen MR) is 122 cm³/mol. The van der Waals surface area contributed by atoms with E-state index in [-0.39, 0.29) is 17.6 Å². The molecule has 0 aliphatic rings. The maximum absolute atomic E-state index is 13.2. The number of hydrogen-bond acceptors (Lipinski definition) is 4. The summed E-state index contributed by atoms with van der Waals surface area (Å²) in [6, 6.07) is 22.8. The summed E-state index contributed by atoms with van der Waals surface area (Å²) < 4.78 is 5.47.